The Kier molecular flexibility index (Phi) is 4.94. The Bertz CT molecular complexity index is 405. The average molecular weight is 263 g/mol. The lowest BCUT2D eigenvalue weighted by Crippen LogP contribution is -2.10. The number of aryl methyl sites for hydroxylation is 1. The van der Waals surface area contributed by atoms with Crippen LogP contribution in [0.25, 0.3) is 0 Å². The third kappa shape index (κ3) is 3.93. The highest BCUT2D eigenvalue weighted by Gasteiger charge is 2.11. The van der Waals surface area contributed by atoms with Gasteiger partial charge in [0.25, 0.3) is 0 Å². The Morgan fingerprint density at radius 1 is 1.56 bits per heavy atom. The fourth-order valence-electron chi connectivity index (χ4n) is 1.07. The van der Waals surface area contributed by atoms with Gasteiger partial charge in [-0.05, 0) is 6.92 Å². The molecule has 1 aromatic heterocycles. The maximum absolute atomic E-state index is 11.0. The molecule has 0 saturated heterocycles. The minimum Gasteiger partial charge on any atom is -0.481 e. The zero-order valence-electron chi connectivity index (χ0n) is 9.04. The van der Waals surface area contributed by atoms with E-state index >= 15 is 0 Å². The van der Waals surface area contributed by atoms with Gasteiger partial charge in [0, 0.05) is 29.4 Å². The lowest BCUT2D eigenvalue weighted by Gasteiger charge is -2.05. The molecule has 6 nitrogen and oxygen atoms in total. The van der Waals surface area contributed by atoms with Crippen molar-refractivity contribution in [2.75, 3.05) is 17.8 Å². The number of hydrogen-bond acceptors (Lipinski definition) is 5. The summed E-state index contributed by atoms with van der Waals surface area (Å²) in [4.78, 5) is 10.4. The fourth-order valence-corrected chi connectivity index (χ4v) is 2.24. The Hall–Kier alpha value is -0.890. The smallest absolute Gasteiger partial charge is 0.313 e. The van der Waals surface area contributed by atoms with Crippen LogP contribution in [-0.2, 0) is 22.1 Å². The van der Waals surface area contributed by atoms with Crippen LogP contribution in [0.3, 0.4) is 0 Å². The van der Waals surface area contributed by atoms with Crippen LogP contribution >= 0.6 is 11.8 Å². The molecule has 0 aliphatic rings. The fraction of sp³-hybridized carbons (Fsp3) is 0.625. The molecule has 8 heteroatoms. The molecule has 0 saturated carbocycles. The van der Waals surface area contributed by atoms with E-state index in [-0.39, 0.29) is 5.75 Å². The van der Waals surface area contributed by atoms with Crippen LogP contribution in [0.15, 0.2) is 5.16 Å². The standard InChI is InChI=1S/C8H13N3O3S2/c1-6-9-10-8(15-5-7(12)13)11(6)3-4-16(2)14/h3-5H2,1-2H3,(H,12,13). The molecule has 0 spiro atoms. The second-order valence-corrected chi connectivity index (χ2v) is 5.64. The van der Waals surface area contributed by atoms with E-state index in [0.29, 0.717) is 23.3 Å². The van der Waals surface area contributed by atoms with E-state index in [1.807, 2.05) is 0 Å². The van der Waals surface area contributed by atoms with E-state index in [1.165, 1.54) is 0 Å². The van der Waals surface area contributed by atoms with Gasteiger partial charge in [-0.3, -0.25) is 9.00 Å². The number of aromatic nitrogens is 3. The molecule has 0 bridgehead atoms. The zero-order chi connectivity index (χ0) is 12.1. The van der Waals surface area contributed by atoms with Gasteiger partial charge in [-0.1, -0.05) is 11.8 Å². The molecule has 0 aromatic carbocycles. The van der Waals surface area contributed by atoms with Gasteiger partial charge in [-0.15, -0.1) is 10.2 Å². The first kappa shape index (κ1) is 13.2. The summed E-state index contributed by atoms with van der Waals surface area (Å²) in [5.41, 5.74) is 0. The molecule has 1 aromatic rings. The molecule has 0 fully saturated rings. The van der Waals surface area contributed by atoms with Crippen LogP contribution in [0.4, 0.5) is 0 Å². The first-order valence-corrected chi connectivity index (χ1v) is 7.26. The van der Waals surface area contributed by atoms with Crippen molar-refractivity contribution < 1.29 is 14.1 Å². The van der Waals surface area contributed by atoms with E-state index in [9.17, 15) is 9.00 Å². The lowest BCUT2D eigenvalue weighted by atomic mass is 10.6. The SMILES string of the molecule is Cc1nnc(SCC(=O)O)n1CCS(C)=O. The number of hydrogen-bond donors (Lipinski definition) is 1. The monoisotopic (exact) mass is 263 g/mol. The molecule has 1 unspecified atom stereocenters. The van der Waals surface area contributed by atoms with Crippen molar-refractivity contribution in [3.63, 3.8) is 0 Å². The topological polar surface area (TPSA) is 85.1 Å². The Labute approximate surface area is 99.9 Å². The second kappa shape index (κ2) is 6.00. The van der Waals surface area contributed by atoms with Gasteiger partial charge < -0.3 is 9.67 Å². The molecule has 0 aliphatic carbocycles. The molecule has 90 valence electrons. The minimum atomic E-state index is -0.892. The van der Waals surface area contributed by atoms with Crippen molar-refractivity contribution in [1.82, 2.24) is 14.8 Å². The second-order valence-electron chi connectivity index (χ2n) is 3.14. The Morgan fingerprint density at radius 3 is 2.81 bits per heavy atom. The van der Waals surface area contributed by atoms with Crippen molar-refractivity contribution in [3.8, 4) is 0 Å². The van der Waals surface area contributed by atoms with Crippen molar-refractivity contribution in [3.05, 3.63) is 5.82 Å². The van der Waals surface area contributed by atoms with Crippen LogP contribution in [0.5, 0.6) is 0 Å². The van der Waals surface area contributed by atoms with Crippen molar-refractivity contribution in [2.45, 2.75) is 18.6 Å². The summed E-state index contributed by atoms with van der Waals surface area (Å²) in [6.07, 6.45) is 1.63. The number of carbonyl (C=O) groups is 1. The average Bonchev–Trinajstić information content (AvgIpc) is 2.53. The first-order chi connectivity index (χ1) is 7.50. The molecular formula is C8H13N3O3S2. The zero-order valence-corrected chi connectivity index (χ0v) is 10.7. The van der Waals surface area contributed by atoms with Gasteiger partial charge in [-0.25, -0.2) is 0 Å². The van der Waals surface area contributed by atoms with E-state index < -0.39 is 16.8 Å². The summed E-state index contributed by atoms with van der Waals surface area (Å²) < 4.78 is 12.8. The summed E-state index contributed by atoms with van der Waals surface area (Å²) in [6, 6.07) is 0. The molecule has 0 radical (unpaired) electrons. The van der Waals surface area contributed by atoms with Gasteiger partial charge >= 0.3 is 5.97 Å². The van der Waals surface area contributed by atoms with Crippen LogP contribution in [0.2, 0.25) is 0 Å². The van der Waals surface area contributed by atoms with Gasteiger partial charge in [0.05, 0.1) is 5.75 Å². The van der Waals surface area contributed by atoms with Gasteiger partial charge in [0.15, 0.2) is 5.16 Å². The molecule has 0 aliphatic heterocycles. The number of aliphatic carboxylic acids is 1. The number of carboxylic acid groups (broad SMARTS) is 1. The Morgan fingerprint density at radius 2 is 2.25 bits per heavy atom. The third-order valence-electron chi connectivity index (χ3n) is 1.83. The largest absolute Gasteiger partial charge is 0.481 e. The molecule has 1 atom stereocenters. The van der Waals surface area contributed by atoms with Crippen molar-refractivity contribution in [2.24, 2.45) is 0 Å². The number of carboxylic acids is 1. The van der Waals surface area contributed by atoms with Gasteiger partial charge in [-0.2, -0.15) is 0 Å². The third-order valence-corrected chi connectivity index (χ3v) is 3.54. The maximum atomic E-state index is 11.0. The van der Waals surface area contributed by atoms with E-state index in [2.05, 4.69) is 10.2 Å². The normalized spacial score (nSPS) is 12.6. The first-order valence-electron chi connectivity index (χ1n) is 4.55. The summed E-state index contributed by atoms with van der Waals surface area (Å²) in [6.45, 7) is 2.33. The molecule has 0 amide bonds. The van der Waals surface area contributed by atoms with E-state index in [0.717, 1.165) is 11.8 Å². The highest BCUT2D eigenvalue weighted by atomic mass is 32.2. The van der Waals surface area contributed by atoms with Crippen LogP contribution in [0, 0.1) is 6.92 Å². The minimum absolute atomic E-state index is 0.0483. The summed E-state index contributed by atoms with van der Waals surface area (Å²) >= 11 is 1.12. The lowest BCUT2D eigenvalue weighted by molar-refractivity contribution is -0.133. The molecule has 1 N–H and O–H groups in total. The Balaban J connectivity index is 2.69. The molecule has 1 heterocycles. The van der Waals surface area contributed by atoms with E-state index in [4.69, 9.17) is 5.11 Å². The summed E-state index contributed by atoms with van der Waals surface area (Å²) in [7, 11) is -0.881. The van der Waals surface area contributed by atoms with E-state index in [1.54, 1.807) is 17.7 Å². The highest BCUT2D eigenvalue weighted by molar-refractivity contribution is 7.99. The number of nitrogens with zero attached hydrogens (tertiary/aromatic N) is 3. The van der Waals surface area contributed by atoms with Gasteiger partial charge in [0.1, 0.15) is 5.82 Å². The molecular weight excluding hydrogens is 250 g/mol. The maximum Gasteiger partial charge on any atom is 0.313 e. The van der Waals surface area contributed by atoms with Crippen molar-refractivity contribution in [1.29, 1.82) is 0 Å². The predicted molar refractivity (Wildman–Crippen MR) is 62.1 cm³/mol. The highest BCUT2D eigenvalue weighted by Crippen LogP contribution is 2.16. The van der Waals surface area contributed by atoms with Crippen LogP contribution in [-0.4, -0.2) is 47.8 Å². The number of rotatable bonds is 6. The summed E-state index contributed by atoms with van der Waals surface area (Å²) in [5, 5.41) is 16.9. The predicted octanol–water partition coefficient (Wildman–Crippen LogP) is 0.142. The van der Waals surface area contributed by atoms with Crippen LogP contribution < -0.4 is 0 Å². The molecule has 1 rings (SSSR count). The quantitative estimate of drug-likeness (QED) is 0.735. The summed E-state index contributed by atoms with van der Waals surface area (Å²) in [5.74, 6) is 0.280. The van der Waals surface area contributed by atoms with Crippen LogP contribution in [0.1, 0.15) is 5.82 Å². The van der Waals surface area contributed by atoms with Gasteiger partial charge in [0.2, 0.25) is 0 Å². The molecule has 16 heavy (non-hydrogen) atoms. The number of thioether (sulfide) groups is 1. The van der Waals surface area contributed by atoms with Crippen molar-refractivity contribution >= 4 is 28.5 Å².